The van der Waals surface area contributed by atoms with Crippen molar-refractivity contribution in [3.63, 3.8) is 0 Å². The standard InChI is InChI=1S/C13H22ClNO3/c1-13(2,3)12(17)18-15-6-4-10(5-7-15)8-11(16)9-14/h10H,4-9H2,1-3H3. The van der Waals surface area contributed by atoms with Crippen molar-refractivity contribution in [3.05, 3.63) is 0 Å². The summed E-state index contributed by atoms with van der Waals surface area (Å²) in [4.78, 5) is 28.3. The first-order valence-electron chi connectivity index (χ1n) is 6.38. The molecule has 18 heavy (non-hydrogen) atoms. The monoisotopic (exact) mass is 275 g/mol. The van der Waals surface area contributed by atoms with Crippen LogP contribution in [0.5, 0.6) is 0 Å². The number of hydroxylamine groups is 2. The maximum atomic E-state index is 11.7. The van der Waals surface area contributed by atoms with Gasteiger partial charge in [-0.2, -0.15) is 0 Å². The van der Waals surface area contributed by atoms with Gasteiger partial charge in [-0.1, -0.05) is 0 Å². The number of ketones is 1. The third-order valence-corrected chi connectivity index (χ3v) is 3.36. The van der Waals surface area contributed by atoms with Crippen LogP contribution in [0.25, 0.3) is 0 Å². The number of alkyl halides is 1. The minimum absolute atomic E-state index is 0.0965. The molecule has 0 N–H and O–H groups in total. The van der Waals surface area contributed by atoms with E-state index in [1.54, 1.807) is 5.06 Å². The molecule has 0 bridgehead atoms. The van der Waals surface area contributed by atoms with Crippen molar-refractivity contribution >= 4 is 23.4 Å². The second-order valence-electron chi connectivity index (χ2n) is 5.88. The molecule has 1 rings (SSSR count). The molecule has 104 valence electrons. The van der Waals surface area contributed by atoms with Crippen molar-refractivity contribution in [3.8, 4) is 0 Å². The molecule has 5 heteroatoms. The van der Waals surface area contributed by atoms with Crippen LogP contribution in [0.2, 0.25) is 0 Å². The summed E-state index contributed by atoms with van der Waals surface area (Å²) in [6.07, 6.45) is 2.30. The summed E-state index contributed by atoms with van der Waals surface area (Å²) in [5, 5.41) is 1.70. The third kappa shape index (κ3) is 4.94. The Morgan fingerprint density at radius 1 is 1.28 bits per heavy atom. The second kappa shape index (κ2) is 6.53. The Balaban J connectivity index is 2.32. The molecule has 0 aromatic rings. The molecule has 0 unspecified atom stereocenters. The molecule has 0 aliphatic carbocycles. The molecule has 1 aliphatic rings. The number of rotatable bonds is 4. The molecule has 1 aliphatic heterocycles. The summed E-state index contributed by atoms with van der Waals surface area (Å²) < 4.78 is 0. The number of carbonyl (C=O) groups is 2. The van der Waals surface area contributed by atoms with Gasteiger partial charge in [0.05, 0.1) is 11.3 Å². The molecule has 1 fully saturated rings. The van der Waals surface area contributed by atoms with Crippen LogP contribution in [0.3, 0.4) is 0 Å². The van der Waals surface area contributed by atoms with Crippen LogP contribution in [-0.4, -0.2) is 35.8 Å². The first-order chi connectivity index (χ1) is 8.32. The van der Waals surface area contributed by atoms with Gasteiger partial charge in [0.25, 0.3) is 0 Å². The Morgan fingerprint density at radius 3 is 2.28 bits per heavy atom. The molecule has 1 saturated heterocycles. The lowest BCUT2D eigenvalue weighted by Gasteiger charge is -2.31. The topological polar surface area (TPSA) is 46.6 Å². The number of carbonyl (C=O) groups excluding carboxylic acids is 2. The lowest BCUT2D eigenvalue weighted by atomic mass is 9.93. The van der Waals surface area contributed by atoms with Gasteiger partial charge in [0, 0.05) is 19.5 Å². The summed E-state index contributed by atoms with van der Waals surface area (Å²) in [6, 6.07) is 0. The Kier molecular flexibility index (Phi) is 5.60. The average molecular weight is 276 g/mol. The smallest absolute Gasteiger partial charge is 0.330 e. The minimum atomic E-state index is -0.481. The molecule has 0 aromatic carbocycles. The van der Waals surface area contributed by atoms with Gasteiger partial charge >= 0.3 is 5.97 Å². The first-order valence-corrected chi connectivity index (χ1v) is 6.91. The molecule has 0 aromatic heterocycles. The maximum Gasteiger partial charge on any atom is 0.330 e. The quantitative estimate of drug-likeness (QED) is 0.739. The van der Waals surface area contributed by atoms with Crippen LogP contribution in [0, 0.1) is 11.3 Å². The molecule has 1 heterocycles. The Bertz CT molecular complexity index is 304. The van der Waals surface area contributed by atoms with Gasteiger partial charge in [0.15, 0.2) is 0 Å². The molecule has 0 radical (unpaired) electrons. The number of nitrogens with zero attached hydrogens (tertiary/aromatic N) is 1. The van der Waals surface area contributed by atoms with E-state index in [0.29, 0.717) is 25.4 Å². The molecular weight excluding hydrogens is 254 g/mol. The van der Waals surface area contributed by atoms with Crippen molar-refractivity contribution in [1.82, 2.24) is 5.06 Å². The second-order valence-corrected chi connectivity index (χ2v) is 6.14. The fourth-order valence-corrected chi connectivity index (χ4v) is 1.94. The van der Waals surface area contributed by atoms with Gasteiger partial charge in [0.2, 0.25) is 0 Å². The largest absolute Gasteiger partial charge is 0.367 e. The van der Waals surface area contributed by atoms with Gasteiger partial charge in [0.1, 0.15) is 5.78 Å². The number of Topliss-reactive ketones (excluding diaryl/α,β-unsaturated/α-hetero) is 1. The molecule has 0 amide bonds. The Morgan fingerprint density at radius 2 is 1.83 bits per heavy atom. The molecule has 0 atom stereocenters. The van der Waals surface area contributed by atoms with Gasteiger partial charge in [-0.25, -0.2) is 4.79 Å². The number of halogens is 1. The molecule has 0 spiro atoms. The zero-order chi connectivity index (χ0) is 13.8. The normalized spacial score (nSPS) is 18.7. The highest BCUT2D eigenvalue weighted by Gasteiger charge is 2.28. The minimum Gasteiger partial charge on any atom is -0.367 e. The molecule has 0 saturated carbocycles. The Labute approximate surface area is 114 Å². The summed E-state index contributed by atoms with van der Waals surface area (Å²) in [7, 11) is 0. The highest BCUT2D eigenvalue weighted by molar-refractivity contribution is 6.27. The highest BCUT2D eigenvalue weighted by atomic mass is 35.5. The lowest BCUT2D eigenvalue weighted by molar-refractivity contribution is -0.206. The van der Waals surface area contributed by atoms with Crippen LogP contribution < -0.4 is 0 Å². The van der Waals surface area contributed by atoms with E-state index in [1.165, 1.54) is 0 Å². The number of piperidine rings is 1. The van der Waals surface area contributed by atoms with Crippen molar-refractivity contribution in [2.45, 2.75) is 40.0 Å². The Hall–Kier alpha value is -0.610. The summed E-state index contributed by atoms with van der Waals surface area (Å²) in [6.45, 7) is 6.90. The fourth-order valence-electron chi connectivity index (χ4n) is 1.84. The van der Waals surface area contributed by atoms with Crippen molar-refractivity contribution in [2.24, 2.45) is 11.3 Å². The predicted molar refractivity (Wildman–Crippen MR) is 70.2 cm³/mol. The van der Waals surface area contributed by atoms with E-state index in [4.69, 9.17) is 16.4 Å². The van der Waals surface area contributed by atoms with Gasteiger partial charge < -0.3 is 4.84 Å². The highest BCUT2D eigenvalue weighted by Crippen LogP contribution is 2.23. The average Bonchev–Trinajstić information content (AvgIpc) is 2.30. The van der Waals surface area contributed by atoms with Crippen molar-refractivity contribution < 1.29 is 14.4 Å². The van der Waals surface area contributed by atoms with Gasteiger partial charge in [-0.3, -0.25) is 4.79 Å². The number of hydrogen-bond donors (Lipinski definition) is 0. The summed E-state index contributed by atoms with van der Waals surface area (Å²) in [5.41, 5.74) is -0.481. The SMILES string of the molecule is CC(C)(C)C(=O)ON1CCC(CC(=O)CCl)CC1. The molecule has 4 nitrogen and oxygen atoms in total. The van der Waals surface area contributed by atoms with Crippen LogP contribution >= 0.6 is 11.6 Å². The van der Waals surface area contributed by atoms with E-state index in [-0.39, 0.29) is 17.6 Å². The first kappa shape index (κ1) is 15.4. The third-order valence-electron chi connectivity index (χ3n) is 3.06. The van der Waals surface area contributed by atoms with Crippen molar-refractivity contribution in [2.75, 3.05) is 19.0 Å². The van der Waals surface area contributed by atoms with Crippen LogP contribution in [0.4, 0.5) is 0 Å². The number of hydrogen-bond acceptors (Lipinski definition) is 4. The molecular formula is C13H22ClNO3. The zero-order valence-electron chi connectivity index (χ0n) is 11.4. The predicted octanol–water partition coefficient (Wildman–Crippen LogP) is 2.40. The van der Waals surface area contributed by atoms with Crippen LogP contribution in [0.1, 0.15) is 40.0 Å². The summed E-state index contributed by atoms with van der Waals surface area (Å²) in [5.74, 6) is 0.361. The van der Waals surface area contributed by atoms with E-state index < -0.39 is 5.41 Å². The van der Waals surface area contributed by atoms with E-state index in [1.807, 2.05) is 20.8 Å². The zero-order valence-corrected chi connectivity index (χ0v) is 12.1. The lowest BCUT2D eigenvalue weighted by Crippen LogP contribution is -2.39. The van der Waals surface area contributed by atoms with Gasteiger partial charge in [-0.05, 0) is 39.5 Å². The van der Waals surface area contributed by atoms with Crippen LogP contribution in [0.15, 0.2) is 0 Å². The summed E-state index contributed by atoms with van der Waals surface area (Å²) >= 11 is 5.49. The van der Waals surface area contributed by atoms with E-state index >= 15 is 0 Å². The van der Waals surface area contributed by atoms with E-state index in [2.05, 4.69) is 0 Å². The van der Waals surface area contributed by atoms with E-state index in [0.717, 1.165) is 12.8 Å². The fraction of sp³-hybridized carbons (Fsp3) is 0.846. The van der Waals surface area contributed by atoms with Gasteiger partial charge in [-0.15, -0.1) is 16.7 Å². The van der Waals surface area contributed by atoms with Crippen molar-refractivity contribution in [1.29, 1.82) is 0 Å². The van der Waals surface area contributed by atoms with Crippen LogP contribution in [-0.2, 0) is 14.4 Å². The maximum absolute atomic E-state index is 11.7. The van der Waals surface area contributed by atoms with E-state index in [9.17, 15) is 9.59 Å².